The Balaban J connectivity index is 0.00000306. The van der Waals surface area contributed by atoms with Crippen LogP contribution in [-0.4, -0.2) is 86.8 Å². The number of thioether (sulfide) groups is 2. The first kappa shape index (κ1) is 24.9. The molecule has 33 heavy (non-hydrogen) atoms. The third-order valence-electron chi connectivity index (χ3n) is 4.57. The van der Waals surface area contributed by atoms with Crippen LogP contribution >= 0.6 is 51.8 Å². The van der Waals surface area contributed by atoms with Gasteiger partial charge in [0.2, 0.25) is 5.16 Å². The minimum Gasteiger partial charge on any atom is -0.477 e. The lowest BCUT2D eigenvalue weighted by Gasteiger charge is -2.49. The average molecular weight is 578 g/mol. The molecule has 0 saturated carbocycles. The molecule has 1 saturated heterocycles. The van der Waals surface area contributed by atoms with Crippen LogP contribution in [0.25, 0.3) is 0 Å². The van der Waals surface area contributed by atoms with Gasteiger partial charge < -0.3 is 21.4 Å². The number of β-lactam (4-membered cyclic amide) rings is 1. The fraction of sp³-hybridized carbons (Fsp3) is 0.333. The summed E-state index contributed by atoms with van der Waals surface area (Å²) < 4.78 is 1.46. The summed E-state index contributed by atoms with van der Waals surface area (Å²) in [4.78, 5) is 42.3. The number of carbonyl (C=O) groups is 3. The van der Waals surface area contributed by atoms with Crippen LogP contribution in [0.1, 0.15) is 5.69 Å². The Morgan fingerprint density at radius 3 is 2.79 bits per heavy atom. The highest BCUT2D eigenvalue weighted by molar-refractivity contribution is 8.93. The normalized spacial score (nSPS) is 20.1. The molecule has 0 radical (unpaired) electrons. The highest BCUT2D eigenvalue weighted by atomic mass is 79.9. The van der Waals surface area contributed by atoms with E-state index in [9.17, 15) is 24.7 Å². The average Bonchev–Trinajstić information content (AvgIpc) is 3.37. The number of carboxylic acids is 1. The highest BCUT2D eigenvalue weighted by Gasteiger charge is 2.54. The number of aliphatic carboxylic acids is 1. The highest BCUT2D eigenvalue weighted by Crippen LogP contribution is 2.41. The number of carbonyl (C=O) groups excluding carboxylic acids is 2. The van der Waals surface area contributed by atoms with Gasteiger partial charge in [-0.15, -0.1) is 45.2 Å². The molecule has 1 unspecified atom stereocenters. The standard InChI is InChI=1S/C15H15N9O5S3.BrH/c1-23-15(19-21-22-23)32-3-5-2-30-12-8(11(26)24(12)9(5)13(27)28)18-10(25)7(20-29)6-4-31-14(16)17-6;/h4,8,12,29H,2-3H2,1H3,(H2,16,17)(H,18,25)(H,27,28);1H/t8?,12-;/m0./s1. The first-order valence-electron chi connectivity index (χ1n) is 8.81. The summed E-state index contributed by atoms with van der Waals surface area (Å²) in [5.41, 5.74) is 5.64. The number of halogens is 1. The van der Waals surface area contributed by atoms with Crippen LogP contribution in [0.3, 0.4) is 0 Å². The molecule has 0 aromatic carbocycles. The molecule has 2 aliphatic rings. The van der Waals surface area contributed by atoms with Gasteiger partial charge >= 0.3 is 5.97 Å². The van der Waals surface area contributed by atoms with Crippen LogP contribution in [0.2, 0.25) is 0 Å². The monoisotopic (exact) mass is 577 g/mol. The number of anilines is 1. The van der Waals surface area contributed by atoms with Crippen molar-refractivity contribution in [3.8, 4) is 0 Å². The summed E-state index contributed by atoms with van der Waals surface area (Å²) in [6, 6.07) is -0.980. The number of carboxylic acid groups (broad SMARTS) is 1. The molecule has 2 aliphatic heterocycles. The molecule has 2 aromatic heterocycles. The van der Waals surface area contributed by atoms with E-state index >= 15 is 0 Å². The Hall–Kier alpha value is -2.70. The second-order valence-corrected chi connectivity index (χ2v) is 9.45. The summed E-state index contributed by atoms with van der Waals surface area (Å²) in [5.74, 6) is -2.03. The number of hydrogen-bond donors (Lipinski definition) is 4. The number of thiazole rings is 1. The van der Waals surface area contributed by atoms with Crippen LogP contribution in [0.15, 0.2) is 27.0 Å². The number of rotatable bonds is 7. The summed E-state index contributed by atoms with van der Waals surface area (Å²) in [6.45, 7) is 0. The van der Waals surface area contributed by atoms with Crippen molar-refractivity contribution in [3.05, 3.63) is 22.3 Å². The zero-order valence-corrected chi connectivity index (χ0v) is 20.8. The second-order valence-electron chi connectivity index (χ2n) is 6.51. The Morgan fingerprint density at radius 2 is 2.21 bits per heavy atom. The van der Waals surface area contributed by atoms with Crippen LogP contribution in [0.4, 0.5) is 5.13 Å². The molecule has 0 bridgehead atoms. The van der Waals surface area contributed by atoms with Gasteiger partial charge in [0.05, 0.1) is 0 Å². The van der Waals surface area contributed by atoms with Crippen LogP contribution in [0, 0.1) is 0 Å². The zero-order valence-electron chi connectivity index (χ0n) is 16.6. The third kappa shape index (κ3) is 4.68. The quantitative estimate of drug-likeness (QED) is 0.108. The molecule has 2 aromatic rings. The van der Waals surface area contributed by atoms with E-state index in [0.29, 0.717) is 16.5 Å². The number of hydrogen-bond acceptors (Lipinski definition) is 13. The van der Waals surface area contributed by atoms with Crippen LogP contribution in [0.5, 0.6) is 0 Å². The smallest absolute Gasteiger partial charge is 0.352 e. The molecule has 0 spiro atoms. The van der Waals surface area contributed by atoms with E-state index < -0.39 is 34.9 Å². The largest absolute Gasteiger partial charge is 0.477 e. The molecular weight excluding hydrogens is 562 g/mol. The second kappa shape index (κ2) is 10.1. The number of nitrogen functional groups attached to an aromatic ring is 1. The Morgan fingerprint density at radius 1 is 1.45 bits per heavy atom. The lowest BCUT2D eigenvalue weighted by atomic mass is 10.0. The molecule has 0 aliphatic carbocycles. The number of aromatic nitrogens is 5. The molecule has 1 fully saturated rings. The zero-order chi connectivity index (χ0) is 23.0. The van der Waals surface area contributed by atoms with Gasteiger partial charge in [0.15, 0.2) is 10.8 Å². The van der Waals surface area contributed by atoms with E-state index in [1.807, 2.05) is 0 Å². The van der Waals surface area contributed by atoms with Crippen molar-refractivity contribution >= 4 is 80.5 Å². The predicted octanol–water partition coefficient (Wildman–Crippen LogP) is -0.464. The van der Waals surface area contributed by atoms with Crippen molar-refractivity contribution in [2.75, 3.05) is 17.2 Å². The number of nitrogens with zero attached hydrogens (tertiary/aromatic N) is 7. The molecule has 4 heterocycles. The molecule has 2 atom stereocenters. The predicted molar refractivity (Wildman–Crippen MR) is 124 cm³/mol. The number of aryl methyl sites for hydroxylation is 1. The number of amides is 2. The van der Waals surface area contributed by atoms with Gasteiger partial charge in [-0.05, 0) is 16.0 Å². The van der Waals surface area contributed by atoms with E-state index in [1.165, 1.54) is 33.6 Å². The first-order valence-corrected chi connectivity index (χ1v) is 11.7. The van der Waals surface area contributed by atoms with Gasteiger partial charge in [-0.1, -0.05) is 16.9 Å². The maximum atomic E-state index is 12.8. The summed E-state index contributed by atoms with van der Waals surface area (Å²) in [5, 5.41) is 37.0. The molecule has 18 heteroatoms. The topological polar surface area (TPSA) is 202 Å². The van der Waals surface area contributed by atoms with Gasteiger partial charge in [0, 0.05) is 23.9 Å². The number of oxime groups is 1. The molecule has 14 nitrogen and oxygen atoms in total. The van der Waals surface area contributed by atoms with Crippen molar-refractivity contribution in [2.24, 2.45) is 12.2 Å². The van der Waals surface area contributed by atoms with Gasteiger partial charge in [-0.25, -0.2) is 14.5 Å². The minimum absolute atomic E-state index is 0. The van der Waals surface area contributed by atoms with Crippen LogP contribution < -0.4 is 11.1 Å². The number of nitrogens with two attached hydrogens (primary N) is 1. The lowest BCUT2D eigenvalue weighted by molar-refractivity contribution is -0.150. The number of fused-ring (bicyclic) bond motifs is 1. The SMILES string of the molecule is Br.Cn1nnnc1SCC1=C(C(=O)O)N2C(=O)C(NC(=O)C(=NO)c3csc(N)n3)[C@@H]2SC1. The number of tetrazole rings is 1. The lowest BCUT2D eigenvalue weighted by Crippen LogP contribution is -2.71. The Labute approximate surface area is 208 Å². The summed E-state index contributed by atoms with van der Waals surface area (Å²) >= 11 is 3.63. The van der Waals surface area contributed by atoms with Gasteiger partial charge in [-0.3, -0.25) is 14.5 Å². The maximum absolute atomic E-state index is 12.8. The van der Waals surface area contributed by atoms with Gasteiger partial charge in [-0.2, -0.15) is 0 Å². The molecule has 5 N–H and O–H groups in total. The van der Waals surface area contributed by atoms with Crippen molar-refractivity contribution in [1.29, 1.82) is 0 Å². The fourth-order valence-electron chi connectivity index (χ4n) is 3.11. The van der Waals surface area contributed by atoms with Crippen molar-refractivity contribution in [1.82, 2.24) is 35.4 Å². The summed E-state index contributed by atoms with van der Waals surface area (Å²) in [7, 11) is 1.66. The van der Waals surface area contributed by atoms with Crippen molar-refractivity contribution in [2.45, 2.75) is 16.6 Å². The summed E-state index contributed by atoms with van der Waals surface area (Å²) in [6.07, 6.45) is 0. The molecule has 176 valence electrons. The maximum Gasteiger partial charge on any atom is 0.352 e. The van der Waals surface area contributed by atoms with Crippen molar-refractivity contribution < 1.29 is 24.7 Å². The van der Waals surface area contributed by atoms with Gasteiger partial charge in [0.25, 0.3) is 11.8 Å². The van der Waals surface area contributed by atoms with Gasteiger partial charge in [0.1, 0.15) is 22.8 Å². The van der Waals surface area contributed by atoms with E-state index in [0.717, 1.165) is 16.2 Å². The third-order valence-corrected chi connectivity index (χ3v) is 7.68. The molecule has 2 amide bonds. The van der Waals surface area contributed by atoms with Crippen LogP contribution in [-0.2, 0) is 21.4 Å². The number of nitrogens with one attached hydrogen (secondary N) is 1. The van der Waals surface area contributed by atoms with Crippen molar-refractivity contribution in [3.63, 3.8) is 0 Å². The van der Waals surface area contributed by atoms with E-state index in [2.05, 4.69) is 31.0 Å². The first-order chi connectivity index (χ1) is 15.3. The Kier molecular flexibility index (Phi) is 7.60. The minimum atomic E-state index is -1.24. The van der Waals surface area contributed by atoms with E-state index in [-0.39, 0.29) is 39.3 Å². The molecular formula is C15H16BrN9O5S3. The fourth-order valence-corrected chi connectivity index (χ4v) is 5.99. The Bertz CT molecular complexity index is 1170. The van der Waals surface area contributed by atoms with E-state index in [1.54, 1.807) is 7.05 Å². The van der Waals surface area contributed by atoms with E-state index in [4.69, 9.17) is 5.73 Å². The molecule has 4 rings (SSSR count).